The fourth-order valence-electron chi connectivity index (χ4n) is 2.94. The Bertz CT molecular complexity index is 785. The van der Waals surface area contributed by atoms with Gasteiger partial charge in [0.25, 0.3) is 5.69 Å². The minimum atomic E-state index is -0.474. The molecule has 7 nitrogen and oxygen atoms in total. The highest BCUT2D eigenvalue weighted by Gasteiger charge is 2.16. The number of carbonyl (C=O) groups is 1. The number of carbonyl (C=O) groups excluding carboxylic acids is 1. The second-order valence-corrected chi connectivity index (χ2v) is 6.43. The van der Waals surface area contributed by atoms with E-state index in [1.165, 1.54) is 6.07 Å². The van der Waals surface area contributed by atoms with Crippen LogP contribution in [-0.2, 0) is 22.5 Å². The molecule has 1 amide bonds. The molecule has 2 aromatic carbocycles. The fourth-order valence-corrected chi connectivity index (χ4v) is 2.94. The monoisotopic (exact) mass is 370 g/mol. The summed E-state index contributed by atoms with van der Waals surface area (Å²) in [7, 11) is 0. The van der Waals surface area contributed by atoms with Gasteiger partial charge in [0, 0.05) is 24.8 Å². The minimum Gasteiger partial charge on any atom is -0.491 e. The zero-order chi connectivity index (χ0) is 19.1. The smallest absolute Gasteiger partial charge is 0.273 e. The summed E-state index contributed by atoms with van der Waals surface area (Å²) in [4.78, 5) is 22.6. The molecule has 1 fully saturated rings. The lowest BCUT2D eigenvalue weighted by Gasteiger charge is -2.12. The van der Waals surface area contributed by atoms with Crippen LogP contribution in [0.2, 0.25) is 0 Å². The number of para-hydroxylation sites is 1. The van der Waals surface area contributed by atoms with Crippen LogP contribution in [0.25, 0.3) is 0 Å². The zero-order valence-electron chi connectivity index (χ0n) is 14.9. The molecule has 1 saturated heterocycles. The second-order valence-electron chi connectivity index (χ2n) is 6.43. The Labute approximate surface area is 157 Å². The SMILES string of the molecule is O=C(Cc1ccccc1[N+](=O)[O-])NCc1ccc(OCC2CCCO2)cc1. The number of hydrogen-bond acceptors (Lipinski definition) is 5. The van der Waals surface area contributed by atoms with E-state index in [2.05, 4.69) is 5.32 Å². The summed E-state index contributed by atoms with van der Waals surface area (Å²) in [6, 6.07) is 13.8. The van der Waals surface area contributed by atoms with Gasteiger partial charge in [-0.3, -0.25) is 14.9 Å². The van der Waals surface area contributed by atoms with E-state index < -0.39 is 4.92 Å². The molecule has 1 atom stereocenters. The van der Waals surface area contributed by atoms with Crippen LogP contribution in [0.4, 0.5) is 5.69 Å². The number of benzene rings is 2. The van der Waals surface area contributed by atoms with Gasteiger partial charge in [-0.15, -0.1) is 0 Å². The van der Waals surface area contributed by atoms with E-state index in [4.69, 9.17) is 9.47 Å². The summed E-state index contributed by atoms with van der Waals surface area (Å²) in [5.41, 5.74) is 1.29. The Morgan fingerprint density at radius 2 is 2.00 bits per heavy atom. The van der Waals surface area contributed by atoms with E-state index in [0.29, 0.717) is 18.7 Å². The predicted molar refractivity (Wildman–Crippen MR) is 99.6 cm³/mol. The molecule has 1 unspecified atom stereocenters. The maximum atomic E-state index is 12.1. The lowest BCUT2D eigenvalue weighted by molar-refractivity contribution is -0.385. The van der Waals surface area contributed by atoms with Crippen molar-refractivity contribution >= 4 is 11.6 Å². The molecule has 0 bridgehead atoms. The topological polar surface area (TPSA) is 90.7 Å². The molecule has 1 aliphatic heterocycles. The summed E-state index contributed by atoms with van der Waals surface area (Å²) in [5.74, 6) is 0.503. The van der Waals surface area contributed by atoms with Crippen LogP contribution in [-0.4, -0.2) is 30.1 Å². The Morgan fingerprint density at radius 3 is 2.70 bits per heavy atom. The summed E-state index contributed by atoms with van der Waals surface area (Å²) >= 11 is 0. The number of amides is 1. The summed E-state index contributed by atoms with van der Waals surface area (Å²) in [5, 5.41) is 13.8. The van der Waals surface area contributed by atoms with E-state index in [9.17, 15) is 14.9 Å². The molecule has 0 saturated carbocycles. The van der Waals surface area contributed by atoms with Gasteiger partial charge in [0.1, 0.15) is 12.4 Å². The number of ether oxygens (including phenoxy) is 2. The van der Waals surface area contributed by atoms with Crippen molar-refractivity contribution in [2.45, 2.75) is 31.9 Å². The third kappa shape index (κ3) is 5.52. The molecule has 142 valence electrons. The highest BCUT2D eigenvalue weighted by molar-refractivity contribution is 5.79. The standard InChI is InChI=1S/C20H22N2O5/c23-20(12-16-4-1-2-6-19(16)22(24)25)21-13-15-7-9-17(10-8-15)27-14-18-5-3-11-26-18/h1-2,4,6-10,18H,3,5,11-14H2,(H,21,23). The largest absolute Gasteiger partial charge is 0.491 e. The fraction of sp³-hybridized carbons (Fsp3) is 0.350. The number of nitro benzene ring substituents is 1. The van der Waals surface area contributed by atoms with Gasteiger partial charge < -0.3 is 14.8 Å². The summed E-state index contributed by atoms with van der Waals surface area (Å²) in [6.45, 7) is 1.70. The zero-order valence-corrected chi connectivity index (χ0v) is 14.9. The van der Waals surface area contributed by atoms with Gasteiger partial charge >= 0.3 is 0 Å². The average molecular weight is 370 g/mol. The summed E-state index contributed by atoms with van der Waals surface area (Å²) < 4.78 is 11.2. The molecule has 1 aliphatic rings. The van der Waals surface area contributed by atoms with E-state index in [1.54, 1.807) is 18.2 Å². The van der Waals surface area contributed by atoms with Crippen molar-refractivity contribution in [2.24, 2.45) is 0 Å². The van der Waals surface area contributed by atoms with Gasteiger partial charge in [-0.05, 0) is 30.5 Å². The third-order valence-corrected chi connectivity index (χ3v) is 4.41. The van der Waals surface area contributed by atoms with Crippen molar-refractivity contribution in [1.82, 2.24) is 5.32 Å². The Morgan fingerprint density at radius 1 is 1.22 bits per heavy atom. The molecule has 0 aromatic heterocycles. The first kappa shape index (κ1) is 18.8. The van der Waals surface area contributed by atoms with E-state index in [1.807, 2.05) is 24.3 Å². The van der Waals surface area contributed by atoms with Crippen LogP contribution in [0.15, 0.2) is 48.5 Å². The van der Waals surface area contributed by atoms with E-state index in [-0.39, 0.29) is 24.1 Å². The number of nitrogens with one attached hydrogen (secondary N) is 1. The minimum absolute atomic E-state index is 0.0280. The quantitative estimate of drug-likeness (QED) is 0.570. The van der Waals surface area contributed by atoms with Gasteiger partial charge in [-0.25, -0.2) is 0 Å². The van der Waals surface area contributed by atoms with Crippen LogP contribution in [0.1, 0.15) is 24.0 Å². The number of nitrogens with zero attached hydrogens (tertiary/aromatic N) is 1. The van der Waals surface area contributed by atoms with Crippen molar-refractivity contribution in [3.63, 3.8) is 0 Å². The highest BCUT2D eigenvalue weighted by atomic mass is 16.6. The Kier molecular flexibility index (Phi) is 6.38. The first-order valence-corrected chi connectivity index (χ1v) is 8.94. The van der Waals surface area contributed by atoms with E-state index >= 15 is 0 Å². The Hall–Kier alpha value is -2.93. The Balaban J connectivity index is 1.46. The molecular formula is C20H22N2O5. The molecule has 0 radical (unpaired) electrons. The molecule has 3 rings (SSSR count). The third-order valence-electron chi connectivity index (χ3n) is 4.41. The van der Waals surface area contributed by atoms with Gasteiger partial charge in [-0.1, -0.05) is 30.3 Å². The number of rotatable bonds is 8. The van der Waals surface area contributed by atoms with Crippen LogP contribution in [0.5, 0.6) is 5.75 Å². The second kappa shape index (κ2) is 9.14. The normalized spacial score (nSPS) is 16.1. The number of hydrogen-bond donors (Lipinski definition) is 1. The predicted octanol–water partition coefficient (Wildman–Crippen LogP) is 3.01. The van der Waals surface area contributed by atoms with Crippen LogP contribution in [0, 0.1) is 10.1 Å². The molecular weight excluding hydrogens is 348 g/mol. The lowest BCUT2D eigenvalue weighted by atomic mass is 10.1. The molecule has 7 heteroatoms. The van der Waals surface area contributed by atoms with Crippen molar-refractivity contribution in [3.05, 3.63) is 69.8 Å². The van der Waals surface area contributed by atoms with Crippen molar-refractivity contribution < 1.29 is 19.2 Å². The average Bonchev–Trinajstić information content (AvgIpc) is 3.19. The van der Waals surface area contributed by atoms with Crippen LogP contribution in [0.3, 0.4) is 0 Å². The van der Waals surface area contributed by atoms with Crippen molar-refractivity contribution in [2.75, 3.05) is 13.2 Å². The first-order chi connectivity index (χ1) is 13.1. The van der Waals surface area contributed by atoms with Crippen molar-refractivity contribution in [3.8, 4) is 5.75 Å². The van der Waals surface area contributed by atoms with Crippen LogP contribution < -0.4 is 10.1 Å². The molecule has 0 aliphatic carbocycles. The van der Waals surface area contributed by atoms with E-state index in [0.717, 1.165) is 30.8 Å². The number of nitro groups is 1. The van der Waals surface area contributed by atoms with Gasteiger partial charge in [0.2, 0.25) is 5.91 Å². The summed E-state index contributed by atoms with van der Waals surface area (Å²) in [6.07, 6.45) is 2.26. The van der Waals surface area contributed by atoms with Gasteiger partial charge in [0.05, 0.1) is 17.4 Å². The van der Waals surface area contributed by atoms with Crippen molar-refractivity contribution in [1.29, 1.82) is 0 Å². The molecule has 27 heavy (non-hydrogen) atoms. The lowest BCUT2D eigenvalue weighted by Crippen LogP contribution is -2.24. The van der Waals surface area contributed by atoms with Gasteiger partial charge in [0.15, 0.2) is 0 Å². The maximum Gasteiger partial charge on any atom is 0.273 e. The first-order valence-electron chi connectivity index (χ1n) is 8.94. The molecule has 2 aromatic rings. The highest BCUT2D eigenvalue weighted by Crippen LogP contribution is 2.19. The molecule has 1 N–H and O–H groups in total. The molecule has 0 spiro atoms. The molecule has 1 heterocycles. The van der Waals surface area contributed by atoms with Crippen LogP contribution >= 0.6 is 0 Å². The van der Waals surface area contributed by atoms with Gasteiger partial charge in [-0.2, -0.15) is 0 Å². The maximum absolute atomic E-state index is 12.1.